The van der Waals surface area contributed by atoms with Gasteiger partial charge in [0.15, 0.2) is 0 Å². The molecule has 1 fully saturated rings. The standard InChI is InChI=1S/C12H23F2N.C2H6/c1-9(2)11-6-4-5-10(15(11)3)7-8-12(13)14;1-2/h9-12H,4-8H2,1-3H3;1-2H3. The third-order valence-corrected chi connectivity index (χ3v) is 3.62. The van der Waals surface area contributed by atoms with Crippen molar-refractivity contribution in [1.82, 2.24) is 4.90 Å². The Bertz CT molecular complexity index is 183. The summed E-state index contributed by atoms with van der Waals surface area (Å²) in [5.41, 5.74) is 0. The van der Waals surface area contributed by atoms with Crippen LogP contribution in [0.5, 0.6) is 0 Å². The molecule has 1 rings (SSSR count). The lowest BCUT2D eigenvalue weighted by Crippen LogP contribution is -2.46. The lowest BCUT2D eigenvalue weighted by molar-refractivity contribution is 0.0594. The van der Waals surface area contributed by atoms with Gasteiger partial charge in [-0.2, -0.15) is 0 Å². The number of hydrogen-bond acceptors (Lipinski definition) is 1. The SMILES string of the molecule is CC.CC(C)C1CCCC(CCC(F)F)N1C. The van der Waals surface area contributed by atoms with Gasteiger partial charge in [0, 0.05) is 18.5 Å². The van der Waals surface area contributed by atoms with Gasteiger partial charge in [0.05, 0.1) is 0 Å². The molecule has 0 spiro atoms. The van der Waals surface area contributed by atoms with Crippen molar-refractivity contribution in [1.29, 1.82) is 0 Å². The summed E-state index contributed by atoms with van der Waals surface area (Å²) >= 11 is 0. The van der Waals surface area contributed by atoms with Crippen LogP contribution in [0, 0.1) is 5.92 Å². The van der Waals surface area contributed by atoms with Crippen LogP contribution in [0.1, 0.15) is 59.8 Å². The van der Waals surface area contributed by atoms with Crippen LogP contribution in [0.25, 0.3) is 0 Å². The number of halogens is 2. The lowest BCUT2D eigenvalue weighted by atomic mass is 9.88. The first-order chi connectivity index (χ1) is 8.02. The van der Waals surface area contributed by atoms with Gasteiger partial charge in [-0.1, -0.05) is 34.1 Å². The van der Waals surface area contributed by atoms with E-state index in [2.05, 4.69) is 25.8 Å². The van der Waals surface area contributed by atoms with E-state index >= 15 is 0 Å². The fourth-order valence-electron chi connectivity index (χ4n) is 2.71. The fraction of sp³-hybridized carbons (Fsp3) is 1.00. The van der Waals surface area contributed by atoms with Crippen LogP contribution in [-0.4, -0.2) is 30.5 Å². The Kier molecular flexibility index (Phi) is 8.75. The number of likely N-dealkylation sites (tertiary alicyclic amines) is 1. The van der Waals surface area contributed by atoms with Gasteiger partial charge in [-0.3, -0.25) is 0 Å². The first-order valence-electron chi connectivity index (χ1n) is 7.02. The topological polar surface area (TPSA) is 3.24 Å². The van der Waals surface area contributed by atoms with Crippen LogP contribution in [0.15, 0.2) is 0 Å². The lowest BCUT2D eigenvalue weighted by Gasteiger charge is -2.41. The molecule has 2 unspecified atom stereocenters. The first kappa shape index (κ1) is 16.8. The monoisotopic (exact) mass is 249 g/mol. The quantitative estimate of drug-likeness (QED) is 0.705. The maximum Gasteiger partial charge on any atom is 0.238 e. The number of rotatable bonds is 4. The molecule has 0 bridgehead atoms. The molecule has 2 atom stereocenters. The van der Waals surface area contributed by atoms with Crippen molar-refractivity contribution in [2.45, 2.75) is 78.3 Å². The molecule has 3 heteroatoms. The number of alkyl halides is 2. The Morgan fingerprint density at radius 2 is 1.76 bits per heavy atom. The van der Waals surface area contributed by atoms with E-state index in [0.717, 1.165) is 6.42 Å². The van der Waals surface area contributed by atoms with Crippen molar-refractivity contribution in [3.8, 4) is 0 Å². The minimum Gasteiger partial charge on any atom is -0.300 e. The minimum atomic E-state index is -2.14. The molecule has 0 aromatic carbocycles. The zero-order valence-corrected chi connectivity index (χ0v) is 12.0. The molecule has 1 heterocycles. The summed E-state index contributed by atoms with van der Waals surface area (Å²) in [5.74, 6) is 0.629. The zero-order valence-electron chi connectivity index (χ0n) is 12.0. The van der Waals surface area contributed by atoms with Gasteiger partial charge in [-0.25, -0.2) is 8.78 Å². The molecule has 0 aromatic heterocycles. The highest BCUT2D eigenvalue weighted by atomic mass is 19.3. The second-order valence-electron chi connectivity index (χ2n) is 5.03. The van der Waals surface area contributed by atoms with Crippen LogP contribution in [0.4, 0.5) is 8.78 Å². The van der Waals surface area contributed by atoms with Crippen molar-refractivity contribution >= 4 is 0 Å². The van der Waals surface area contributed by atoms with Crippen molar-refractivity contribution in [2.24, 2.45) is 5.92 Å². The number of hydrogen-bond donors (Lipinski definition) is 0. The van der Waals surface area contributed by atoms with E-state index in [1.165, 1.54) is 12.8 Å². The Labute approximate surface area is 106 Å². The van der Waals surface area contributed by atoms with Gasteiger partial charge in [-0.15, -0.1) is 0 Å². The van der Waals surface area contributed by atoms with Gasteiger partial charge in [0.25, 0.3) is 0 Å². The molecular weight excluding hydrogens is 220 g/mol. The summed E-state index contributed by atoms with van der Waals surface area (Å²) in [6.07, 6.45) is 2.07. The molecule has 0 aromatic rings. The Hall–Kier alpha value is -0.180. The predicted molar refractivity (Wildman–Crippen MR) is 70.6 cm³/mol. The average molecular weight is 249 g/mol. The summed E-state index contributed by atoms with van der Waals surface area (Å²) in [6.45, 7) is 8.44. The minimum absolute atomic E-state index is 0.0554. The summed E-state index contributed by atoms with van der Waals surface area (Å²) in [7, 11) is 2.10. The molecule has 104 valence electrons. The molecule has 0 aliphatic carbocycles. The molecule has 0 amide bonds. The van der Waals surface area contributed by atoms with Gasteiger partial charge in [0.2, 0.25) is 6.43 Å². The zero-order chi connectivity index (χ0) is 13.4. The first-order valence-corrected chi connectivity index (χ1v) is 7.02. The van der Waals surface area contributed by atoms with Gasteiger partial charge >= 0.3 is 0 Å². The fourth-order valence-corrected chi connectivity index (χ4v) is 2.71. The van der Waals surface area contributed by atoms with Gasteiger partial charge in [0.1, 0.15) is 0 Å². The van der Waals surface area contributed by atoms with E-state index in [9.17, 15) is 8.78 Å². The second kappa shape index (κ2) is 8.84. The summed E-state index contributed by atoms with van der Waals surface area (Å²) in [5, 5.41) is 0. The highest BCUT2D eigenvalue weighted by molar-refractivity contribution is 4.84. The number of nitrogens with zero attached hydrogens (tertiary/aromatic N) is 1. The van der Waals surface area contributed by atoms with E-state index in [0.29, 0.717) is 24.4 Å². The molecule has 17 heavy (non-hydrogen) atoms. The summed E-state index contributed by atoms with van der Waals surface area (Å²) in [4.78, 5) is 2.33. The maximum atomic E-state index is 12.2. The van der Waals surface area contributed by atoms with E-state index in [-0.39, 0.29) is 6.42 Å². The largest absolute Gasteiger partial charge is 0.300 e. The predicted octanol–water partition coefficient (Wildman–Crippen LogP) is 4.57. The Morgan fingerprint density at radius 1 is 1.18 bits per heavy atom. The van der Waals surface area contributed by atoms with Crippen molar-refractivity contribution < 1.29 is 8.78 Å². The third kappa shape index (κ3) is 5.80. The molecule has 0 radical (unpaired) electrons. The van der Waals surface area contributed by atoms with E-state index < -0.39 is 6.43 Å². The van der Waals surface area contributed by atoms with Crippen LogP contribution >= 0.6 is 0 Å². The van der Waals surface area contributed by atoms with E-state index in [4.69, 9.17) is 0 Å². The highest BCUT2D eigenvalue weighted by Gasteiger charge is 2.29. The van der Waals surface area contributed by atoms with Crippen LogP contribution in [0.2, 0.25) is 0 Å². The second-order valence-corrected chi connectivity index (χ2v) is 5.03. The summed E-state index contributed by atoms with van der Waals surface area (Å²) in [6, 6.07) is 0.960. The Morgan fingerprint density at radius 3 is 2.24 bits per heavy atom. The normalized spacial score (nSPS) is 25.9. The average Bonchev–Trinajstić information content (AvgIpc) is 2.30. The van der Waals surface area contributed by atoms with E-state index in [1.54, 1.807) is 0 Å². The molecular formula is C14H29F2N. The smallest absolute Gasteiger partial charge is 0.238 e. The maximum absolute atomic E-state index is 12.2. The van der Waals surface area contributed by atoms with E-state index in [1.807, 2.05) is 13.8 Å². The number of piperidine rings is 1. The van der Waals surface area contributed by atoms with Gasteiger partial charge < -0.3 is 4.90 Å². The van der Waals surface area contributed by atoms with Gasteiger partial charge in [-0.05, 0) is 32.2 Å². The molecule has 1 aliphatic heterocycles. The molecule has 1 saturated heterocycles. The highest BCUT2D eigenvalue weighted by Crippen LogP contribution is 2.28. The molecule has 1 aliphatic rings. The molecule has 1 nitrogen and oxygen atoms in total. The van der Waals surface area contributed by atoms with Crippen molar-refractivity contribution in [3.05, 3.63) is 0 Å². The molecule has 0 N–H and O–H groups in total. The third-order valence-electron chi connectivity index (χ3n) is 3.62. The van der Waals surface area contributed by atoms with Crippen molar-refractivity contribution in [2.75, 3.05) is 7.05 Å². The Balaban J connectivity index is 0.00000121. The van der Waals surface area contributed by atoms with Crippen LogP contribution in [-0.2, 0) is 0 Å². The van der Waals surface area contributed by atoms with Crippen LogP contribution < -0.4 is 0 Å². The van der Waals surface area contributed by atoms with Crippen LogP contribution in [0.3, 0.4) is 0 Å². The molecule has 0 saturated carbocycles. The summed E-state index contributed by atoms with van der Waals surface area (Å²) < 4.78 is 24.3. The van der Waals surface area contributed by atoms with Crippen molar-refractivity contribution in [3.63, 3.8) is 0 Å².